The van der Waals surface area contributed by atoms with E-state index in [1.54, 1.807) is 6.20 Å². The lowest BCUT2D eigenvalue weighted by molar-refractivity contribution is 0.115. The fourth-order valence-electron chi connectivity index (χ4n) is 1.67. The van der Waals surface area contributed by atoms with Crippen molar-refractivity contribution in [3.05, 3.63) is 18.5 Å². The first-order valence-electron chi connectivity index (χ1n) is 6.48. The summed E-state index contributed by atoms with van der Waals surface area (Å²) in [4.78, 5) is 0. The van der Waals surface area contributed by atoms with E-state index < -0.39 is 0 Å². The standard InChI is InChI=1S/C13H25N3O/c1-11(2)13(17)5-8-14-12(3)6-10-16-9-4-7-15-16/h4,7,9,11-14,17H,5-6,8,10H2,1-3H3. The van der Waals surface area contributed by atoms with Crippen molar-refractivity contribution in [2.45, 2.75) is 52.3 Å². The quantitative estimate of drug-likeness (QED) is 0.725. The highest BCUT2D eigenvalue weighted by Gasteiger charge is 2.09. The summed E-state index contributed by atoms with van der Waals surface area (Å²) in [6.07, 6.45) is 5.47. The third kappa shape index (κ3) is 5.84. The lowest BCUT2D eigenvalue weighted by Crippen LogP contribution is -2.31. The van der Waals surface area contributed by atoms with Crippen LogP contribution in [0.15, 0.2) is 18.5 Å². The van der Waals surface area contributed by atoms with Crippen molar-refractivity contribution in [3.8, 4) is 0 Å². The molecule has 0 bridgehead atoms. The number of rotatable bonds is 8. The Kier molecular flexibility index (Phi) is 6.22. The number of nitrogens with one attached hydrogen (secondary N) is 1. The van der Waals surface area contributed by atoms with Crippen LogP contribution in [0.4, 0.5) is 0 Å². The Labute approximate surface area is 104 Å². The molecule has 4 nitrogen and oxygen atoms in total. The van der Waals surface area contributed by atoms with E-state index in [9.17, 15) is 5.11 Å². The molecule has 2 N–H and O–H groups in total. The van der Waals surface area contributed by atoms with Crippen molar-refractivity contribution in [3.63, 3.8) is 0 Å². The van der Waals surface area contributed by atoms with Crippen molar-refractivity contribution < 1.29 is 5.11 Å². The normalized spacial score (nSPS) is 15.1. The van der Waals surface area contributed by atoms with Crippen LogP contribution in [0.2, 0.25) is 0 Å². The summed E-state index contributed by atoms with van der Waals surface area (Å²) in [5, 5.41) is 17.3. The van der Waals surface area contributed by atoms with Gasteiger partial charge in [-0.25, -0.2) is 0 Å². The van der Waals surface area contributed by atoms with Gasteiger partial charge in [0.25, 0.3) is 0 Å². The number of nitrogens with zero attached hydrogens (tertiary/aromatic N) is 2. The number of aromatic nitrogens is 2. The van der Waals surface area contributed by atoms with Gasteiger partial charge in [0.05, 0.1) is 6.10 Å². The summed E-state index contributed by atoms with van der Waals surface area (Å²) in [5.41, 5.74) is 0. The van der Waals surface area contributed by atoms with Gasteiger partial charge in [-0.2, -0.15) is 5.10 Å². The monoisotopic (exact) mass is 239 g/mol. The second kappa shape index (κ2) is 7.45. The van der Waals surface area contributed by atoms with Gasteiger partial charge in [-0.05, 0) is 38.3 Å². The molecule has 0 saturated carbocycles. The molecular weight excluding hydrogens is 214 g/mol. The van der Waals surface area contributed by atoms with Crippen LogP contribution in [-0.2, 0) is 6.54 Å². The third-order valence-electron chi connectivity index (χ3n) is 3.05. The molecule has 2 unspecified atom stereocenters. The molecule has 17 heavy (non-hydrogen) atoms. The van der Waals surface area contributed by atoms with Crippen LogP contribution >= 0.6 is 0 Å². The molecule has 1 aromatic heterocycles. The number of aliphatic hydroxyl groups excluding tert-OH is 1. The van der Waals surface area contributed by atoms with Crippen molar-refractivity contribution in [1.29, 1.82) is 0 Å². The lowest BCUT2D eigenvalue weighted by atomic mass is 10.0. The molecule has 0 radical (unpaired) electrons. The van der Waals surface area contributed by atoms with Crippen LogP contribution in [0.3, 0.4) is 0 Å². The molecule has 0 spiro atoms. The Balaban J connectivity index is 2.07. The first-order valence-corrected chi connectivity index (χ1v) is 6.48. The summed E-state index contributed by atoms with van der Waals surface area (Å²) in [5.74, 6) is 0.344. The SMILES string of the molecule is CC(CCn1cccn1)NCCC(O)C(C)C. The molecular formula is C13H25N3O. The van der Waals surface area contributed by atoms with E-state index in [1.165, 1.54) is 0 Å². The molecule has 0 aliphatic heterocycles. The molecule has 0 saturated heterocycles. The second-order valence-electron chi connectivity index (χ2n) is 5.01. The maximum atomic E-state index is 9.67. The van der Waals surface area contributed by atoms with Crippen LogP contribution in [0.1, 0.15) is 33.6 Å². The Hall–Kier alpha value is -0.870. The first kappa shape index (κ1) is 14.2. The molecule has 0 amide bonds. The smallest absolute Gasteiger partial charge is 0.0575 e. The molecule has 1 rings (SSSR count). The van der Waals surface area contributed by atoms with Crippen molar-refractivity contribution in [2.75, 3.05) is 6.54 Å². The van der Waals surface area contributed by atoms with E-state index in [-0.39, 0.29) is 6.10 Å². The van der Waals surface area contributed by atoms with Gasteiger partial charge in [0.15, 0.2) is 0 Å². The number of aliphatic hydroxyl groups is 1. The zero-order valence-corrected chi connectivity index (χ0v) is 11.1. The fourth-order valence-corrected chi connectivity index (χ4v) is 1.67. The summed E-state index contributed by atoms with van der Waals surface area (Å²) >= 11 is 0. The summed E-state index contributed by atoms with van der Waals surface area (Å²) < 4.78 is 1.95. The lowest BCUT2D eigenvalue weighted by Gasteiger charge is -2.17. The number of hydrogen-bond donors (Lipinski definition) is 2. The predicted octanol–water partition coefficient (Wildman–Crippen LogP) is 1.66. The van der Waals surface area contributed by atoms with Crippen LogP contribution in [0, 0.1) is 5.92 Å². The van der Waals surface area contributed by atoms with Crippen molar-refractivity contribution in [1.82, 2.24) is 15.1 Å². The maximum absolute atomic E-state index is 9.67. The molecule has 0 aliphatic carbocycles. The van der Waals surface area contributed by atoms with Gasteiger partial charge >= 0.3 is 0 Å². The van der Waals surface area contributed by atoms with Crippen LogP contribution < -0.4 is 5.32 Å². The second-order valence-corrected chi connectivity index (χ2v) is 5.01. The van der Waals surface area contributed by atoms with Gasteiger partial charge in [0.2, 0.25) is 0 Å². The van der Waals surface area contributed by atoms with Crippen LogP contribution in [0.25, 0.3) is 0 Å². The van der Waals surface area contributed by atoms with Crippen molar-refractivity contribution in [2.24, 2.45) is 5.92 Å². The van der Waals surface area contributed by atoms with Gasteiger partial charge in [-0.1, -0.05) is 13.8 Å². The van der Waals surface area contributed by atoms with Gasteiger partial charge in [-0.15, -0.1) is 0 Å². The van der Waals surface area contributed by atoms with E-state index in [2.05, 4.69) is 17.3 Å². The summed E-state index contributed by atoms with van der Waals surface area (Å²) in [6, 6.07) is 2.40. The van der Waals surface area contributed by atoms with Gasteiger partial charge in [0.1, 0.15) is 0 Å². The van der Waals surface area contributed by atoms with Gasteiger partial charge < -0.3 is 10.4 Å². The van der Waals surface area contributed by atoms with E-state index >= 15 is 0 Å². The average molecular weight is 239 g/mol. The van der Waals surface area contributed by atoms with E-state index in [0.29, 0.717) is 12.0 Å². The molecule has 0 fully saturated rings. The predicted molar refractivity (Wildman–Crippen MR) is 69.8 cm³/mol. The Morgan fingerprint density at radius 1 is 1.29 bits per heavy atom. The van der Waals surface area contributed by atoms with Gasteiger partial charge in [0, 0.05) is 25.0 Å². The zero-order chi connectivity index (χ0) is 12.7. The molecule has 0 aromatic carbocycles. The largest absolute Gasteiger partial charge is 0.393 e. The highest BCUT2D eigenvalue weighted by Crippen LogP contribution is 2.04. The minimum absolute atomic E-state index is 0.194. The highest BCUT2D eigenvalue weighted by atomic mass is 16.3. The van der Waals surface area contributed by atoms with E-state index in [1.807, 2.05) is 30.8 Å². The maximum Gasteiger partial charge on any atom is 0.0575 e. The molecule has 98 valence electrons. The number of hydrogen-bond acceptors (Lipinski definition) is 3. The Morgan fingerprint density at radius 2 is 2.06 bits per heavy atom. The Morgan fingerprint density at radius 3 is 2.65 bits per heavy atom. The van der Waals surface area contributed by atoms with E-state index in [4.69, 9.17) is 0 Å². The van der Waals surface area contributed by atoms with Crippen molar-refractivity contribution >= 4 is 0 Å². The molecule has 1 aromatic rings. The third-order valence-corrected chi connectivity index (χ3v) is 3.05. The van der Waals surface area contributed by atoms with Gasteiger partial charge in [-0.3, -0.25) is 4.68 Å². The molecule has 2 atom stereocenters. The summed E-state index contributed by atoms with van der Waals surface area (Å²) in [6.45, 7) is 8.08. The topological polar surface area (TPSA) is 50.1 Å². The average Bonchev–Trinajstić information content (AvgIpc) is 2.78. The minimum Gasteiger partial charge on any atom is -0.393 e. The number of aryl methyl sites for hydroxylation is 1. The summed E-state index contributed by atoms with van der Waals surface area (Å²) in [7, 11) is 0. The zero-order valence-electron chi connectivity index (χ0n) is 11.1. The highest BCUT2D eigenvalue weighted by molar-refractivity contribution is 4.78. The molecule has 4 heteroatoms. The van der Waals surface area contributed by atoms with Crippen LogP contribution in [-0.4, -0.2) is 33.6 Å². The fraction of sp³-hybridized carbons (Fsp3) is 0.769. The first-order chi connectivity index (χ1) is 8.09. The van der Waals surface area contributed by atoms with Crippen LogP contribution in [0.5, 0.6) is 0 Å². The van der Waals surface area contributed by atoms with E-state index in [0.717, 1.165) is 25.9 Å². The molecule has 1 heterocycles. The Bertz CT molecular complexity index is 285. The minimum atomic E-state index is -0.194. The molecule has 0 aliphatic rings.